The van der Waals surface area contributed by atoms with Crippen LogP contribution in [0.5, 0.6) is 5.75 Å². The fraction of sp³-hybridized carbons (Fsp3) is 0.211. The second kappa shape index (κ2) is 15.1. The molecule has 4 aromatic rings. The first kappa shape index (κ1) is 35.7. The maximum absolute atomic E-state index is 13.6. The summed E-state index contributed by atoms with van der Waals surface area (Å²) in [6, 6.07) is 20.1. The van der Waals surface area contributed by atoms with Crippen LogP contribution in [-0.2, 0) is 37.1 Å². The van der Waals surface area contributed by atoms with Crippen LogP contribution in [-0.4, -0.2) is 79.1 Å². The molecule has 0 aliphatic carbocycles. The van der Waals surface area contributed by atoms with Gasteiger partial charge in [0, 0.05) is 53.2 Å². The molecule has 7 rings (SSSR count). The number of carbonyl (C=O) groups is 5. The number of fused-ring (bicyclic) bond motifs is 2. The molecule has 3 aromatic carbocycles. The van der Waals surface area contributed by atoms with E-state index in [0.29, 0.717) is 30.7 Å². The molecule has 53 heavy (non-hydrogen) atoms. The number of carbonyl (C=O) groups excluding carboxylic acids is 4. The molecule has 270 valence electrons. The standard InChI is InChI=1S/C38H32FN5O7S2/c39-29-17-27(6-8-30(29)45)40-31(46)19-42-12-9-22(10-13-42)18-43-14-11-25(35(43)48)15-26-20-53-37-33(36(49)44(37)34(26)38(50)51)41-32(47)21-52-28-7-5-23-3-1-2-4-24(23)16-28/h1-10,12-13,15-17,33,37H,11,14,18-21H2,(H3-,40,41,45,46,47,50,51)/p+1/b25-15+. The summed E-state index contributed by atoms with van der Waals surface area (Å²) in [6.07, 6.45) is 5.35. The predicted octanol–water partition coefficient (Wildman–Crippen LogP) is 3.80. The van der Waals surface area contributed by atoms with E-state index in [4.69, 9.17) is 0 Å². The third-order valence-electron chi connectivity index (χ3n) is 9.06. The lowest BCUT2D eigenvalue weighted by Gasteiger charge is -2.49. The smallest absolute Gasteiger partial charge is 0.352 e. The van der Waals surface area contributed by atoms with E-state index in [-0.39, 0.29) is 41.2 Å². The van der Waals surface area contributed by atoms with Gasteiger partial charge in [-0.1, -0.05) is 30.3 Å². The molecule has 2 fully saturated rings. The fourth-order valence-corrected chi connectivity index (χ4v) is 8.47. The van der Waals surface area contributed by atoms with Crippen LogP contribution in [0.3, 0.4) is 0 Å². The number of anilines is 1. The van der Waals surface area contributed by atoms with Crippen molar-refractivity contribution >= 4 is 69.6 Å². The molecular weight excluding hydrogens is 722 g/mol. The van der Waals surface area contributed by atoms with Crippen molar-refractivity contribution in [1.29, 1.82) is 0 Å². The number of nitrogens with one attached hydrogen (secondary N) is 2. The number of phenols is 1. The lowest BCUT2D eigenvalue weighted by atomic mass is 10.0. The zero-order valence-electron chi connectivity index (χ0n) is 28.0. The third kappa shape index (κ3) is 7.76. The number of nitrogens with zero attached hydrogens (tertiary/aromatic N) is 3. The van der Waals surface area contributed by atoms with Crippen molar-refractivity contribution < 1.29 is 43.1 Å². The lowest BCUT2D eigenvalue weighted by Crippen LogP contribution is -2.70. The highest BCUT2D eigenvalue weighted by molar-refractivity contribution is 8.00. The second-order valence-corrected chi connectivity index (χ2v) is 14.8. The van der Waals surface area contributed by atoms with Gasteiger partial charge in [0.15, 0.2) is 24.0 Å². The van der Waals surface area contributed by atoms with Crippen LogP contribution in [0.1, 0.15) is 12.0 Å². The third-order valence-corrected chi connectivity index (χ3v) is 11.4. The molecule has 0 saturated carbocycles. The summed E-state index contributed by atoms with van der Waals surface area (Å²) in [5.74, 6) is -3.75. The van der Waals surface area contributed by atoms with Gasteiger partial charge >= 0.3 is 5.97 Å². The van der Waals surface area contributed by atoms with Gasteiger partial charge in [0.25, 0.3) is 11.8 Å². The van der Waals surface area contributed by atoms with Gasteiger partial charge < -0.3 is 25.7 Å². The summed E-state index contributed by atoms with van der Waals surface area (Å²) in [5, 5.41) is 26.4. The van der Waals surface area contributed by atoms with Gasteiger partial charge in [-0.2, -0.15) is 4.57 Å². The minimum absolute atomic E-state index is 0.0457. The Morgan fingerprint density at radius 1 is 1.00 bits per heavy atom. The maximum Gasteiger partial charge on any atom is 0.352 e. The van der Waals surface area contributed by atoms with Crippen LogP contribution < -0.4 is 15.2 Å². The summed E-state index contributed by atoms with van der Waals surface area (Å²) in [5.41, 5.74) is 1.65. The predicted molar refractivity (Wildman–Crippen MR) is 196 cm³/mol. The Morgan fingerprint density at radius 2 is 1.77 bits per heavy atom. The summed E-state index contributed by atoms with van der Waals surface area (Å²) < 4.78 is 15.2. The normalized spacial score (nSPS) is 19.0. The average molecular weight is 755 g/mol. The number of thioether (sulfide) groups is 2. The Bertz CT molecular complexity index is 2230. The van der Waals surface area contributed by atoms with Crippen LogP contribution >= 0.6 is 23.5 Å². The van der Waals surface area contributed by atoms with E-state index in [1.165, 1.54) is 34.5 Å². The number of amides is 4. The molecule has 3 aliphatic heterocycles. The zero-order chi connectivity index (χ0) is 37.2. The van der Waals surface area contributed by atoms with E-state index in [1.54, 1.807) is 40.1 Å². The van der Waals surface area contributed by atoms with Crippen LogP contribution in [0.25, 0.3) is 10.8 Å². The Kier molecular flexibility index (Phi) is 10.2. The quantitative estimate of drug-likeness (QED) is 0.0588. The van der Waals surface area contributed by atoms with Gasteiger partial charge in [-0.3, -0.25) is 24.1 Å². The molecule has 4 amide bonds. The fourth-order valence-electron chi connectivity index (χ4n) is 6.41. The zero-order valence-corrected chi connectivity index (χ0v) is 29.7. The number of aromatic hydroxyl groups is 1. The van der Waals surface area contributed by atoms with E-state index in [0.717, 1.165) is 33.4 Å². The number of rotatable bonds is 11. The molecule has 0 spiro atoms. The number of carboxylic acids is 1. The first-order valence-corrected chi connectivity index (χ1v) is 18.7. The second-order valence-electron chi connectivity index (χ2n) is 12.7. The summed E-state index contributed by atoms with van der Waals surface area (Å²) in [7, 11) is 0. The monoisotopic (exact) mass is 754 g/mol. The highest BCUT2D eigenvalue weighted by atomic mass is 32.2. The van der Waals surface area contributed by atoms with Gasteiger partial charge in [0.2, 0.25) is 18.4 Å². The van der Waals surface area contributed by atoms with Gasteiger partial charge in [-0.25, -0.2) is 9.18 Å². The van der Waals surface area contributed by atoms with Crippen LogP contribution in [0.15, 0.2) is 113 Å². The number of halogens is 1. The van der Waals surface area contributed by atoms with Crippen molar-refractivity contribution in [3.8, 4) is 5.75 Å². The number of allylic oxidation sites excluding steroid dienone is 1. The van der Waals surface area contributed by atoms with Crippen molar-refractivity contribution in [3.05, 3.63) is 119 Å². The molecule has 15 heteroatoms. The largest absolute Gasteiger partial charge is 0.505 e. The number of phenolic OH excluding ortho intramolecular Hbond substituents is 1. The molecule has 4 N–H and O–H groups in total. The molecule has 2 unspecified atom stereocenters. The Labute approximate surface area is 311 Å². The molecule has 2 saturated heterocycles. The van der Waals surface area contributed by atoms with E-state index in [9.17, 15) is 38.6 Å². The van der Waals surface area contributed by atoms with Crippen molar-refractivity contribution in [3.63, 3.8) is 0 Å². The van der Waals surface area contributed by atoms with E-state index in [1.807, 2.05) is 42.5 Å². The number of aliphatic carboxylic acids is 1. The Balaban J connectivity index is 0.937. The highest BCUT2D eigenvalue weighted by Gasteiger charge is 2.54. The Morgan fingerprint density at radius 3 is 2.53 bits per heavy atom. The average Bonchev–Trinajstić information content (AvgIpc) is 3.48. The molecule has 4 heterocycles. The maximum atomic E-state index is 13.6. The number of hydrogen-bond acceptors (Lipinski definition) is 8. The highest BCUT2D eigenvalue weighted by Crippen LogP contribution is 2.41. The minimum atomic E-state index is -1.28. The van der Waals surface area contributed by atoms with E-state index < -0.39 is 40.8 Å². The first-order valence-electron chi connectivity index (χ1n) is 16.6. The van der Waals surface area contributed by atoms with E-state index >= 15 is 0 Å². The SMILES string of the molecule is O=C(C[n+]1ccc(CN2CC/C(=C\C3=C(C(=O)O)N4C(=O)C(NC(=O)CSc5ccc6ccccc6c5)C4SC3)C2=O)cc1)Nc1ccc(O)c(F)c1. The molecule has 0 bridgehead atoms. The van der Waals surface area contributed by atoms with Crippen molar-refractivity contribution in [2.45, 2.75) is 35.8 Å². The summed E-state index contributed by atoms with van der Waals surface area (Å²) in [4.78, 5) is 68.0. The van der Waals surface area contributed by atoms with Gasteiger partial charge in [-0.15, -0.1) is 23.5 Å². The first-order chi connectivity index (χ1) is 25.5. The molecule has 3 aliphatic rings. The molecule has 1 aromatic heterocycles. The Hall–Kier alpha value is -5.67. The number of likely N-dealkylation sites (tertiary alicyclic amines) is 1. The minimum Gasteiger partial charge on any atom is -0.505 e. The molecule has 12 nitrogen and oxygen atoms in total. The van der Waals surface area contributed by atoms with Crippen LogP contribution in [0, 0.1) is 5.82 Å². The number of carboxylic acid groups (broad SMARTS) is 1. The molecule has 0 radical (unpaired) electrons. The lowest BCUT2D eigenvalue weighted by molar-refractivity contribution is -0.684. The van der Waals surface area contributed by atoms with E-state index in [2.05, 4.69) is 10.6 Å². The molecular formula is C38H33FN5O7S2+. The van der Waals surface area contributed by atoms with Crippen molar-refractivity contribution in [2.24, 2.45) is 0 Å². The van der Waals surface area contributed by atoms with Crippen molar-refractivity contribution in [1.82, 2.24) is 15.1 Å². The molecule has 2 atom stereocenters. The summed E-state index contributed by atoms with van der Waals surface area (Å²) in [6.45, 7) is 0.670. The van der Waals surface area contributed by atoms with Gasteiger partial charge in [0.1, 0.15) is 17.1 Å². The van der Waals surface area contributed by atoms with Gasteiger partial charge in [0.05, 0.1) is 5.75 Å². The number of hydrogen-bond donors (Lipinski definition) is 4. The van der Waals surface area contributed by atoms with Crippen molar-refractivity contribution in [2.75, 3.05) is 23.4 Å². The van der Waals surface area contributed by atoms with Crippen LogP contribution in [0.2, 0.25) is 0 Å². The van der Waals surface area contributed by atoms with Crippen LogP contribution in [0.4, 0.5) is 10.1 Å². The number of β-lactam (4-membered cyclic amide) rings is 1. The topological polar surface area (TPSA) is 160 Å². The number of pyridine rings is 1. The van der Waals surface area contributed by atoms with Gasteiger partial charge in [-0.05, 0) is 58.7 Å². The summed E-state index contributed by atoms with van der Waals surface area (Å²) >= 11 is 2.70. The number of benzene rings is 3. The number of aromatic nitrogens is 1.